The van der Waals surface area contributed by atoms with Crippen molar-refractivity contribution < 1.29 is 19.1 Å². The number of benzene rings is 3. The quantitative estimate of drug-likeness (QED) is 0.269. The Bertz CT molecular complexity index is 1710. The minimum absolute atomic E-state index is 0.172. The fourth-order valence-electron chi connectivity index (χ4n) is 4.86. The number of imide groups is 1. The van der Waals surface area contributed by atoms with Crippen LogP contribution in [-0.4, -0.2) is 63.8 Å². The van der Waals surface area contributed by atoms with Crippen LogP contribution in [0.3, 0.4) is 0 Å². The number of nitrogens with zero attached hydrogens (tertiary/aromatic N) is 6. The van der Waals surface area contributed by atoms with Gasteiger partial charge in [-0.1, -0.05) is 12.1 Å². The molecule has 0 N–H and O–H groups in total. The van der Waals surface area contributed by atoms with Crippen molar-refractivity contribution in [2.45, 2.75) is 0 Å². The first-order valence-electron chi connectivity index (χ1n) is 12.7. The molecule has 0 bridgehead atoms. The average Bonchev–Trinajstić information content (AvgIpc) is 3.53. The Kier molecular flexibility index (Phi) is 6.35. The van der Waals surface area contributed by atoms with E-state index in [0.29, 0.717) is 40.4 Å². The minimum atomic E-state index is -0.297. The van der Waals surface area contributed by atoms with Gasteiger partial charge >= 0.3 is 0 Å². The molecule has 0 saturated heterocycles. The Morgan fingerprint density at radius 3 is 2.15 bits per heavy atom. The first kappa shape index (κ1) is 25.1. The minimum Gasteiger partial charge on any atom is -0.497 e. The van der Waals surface area contributed by atoms with Crippen molar-refractivity contribution in [1.82, 2.24) is 24.6 Å². The molecule has 0 aliphatic carbocycles. The van der Waals surface area contributed by atoms with E-state index in [9.17, 15) is 9.59 Å². The fraction of sp³-hybridized carbons (Fsp3) is 0.167. The van der Waals surface area contributed by atoms with Gasteiger partial charge in [0.2, 0.25) is 0 Å². The molecule has 2 aromatic heterocycles. The molecule has 3 heterocycles. The molecule has 5 aromatic rings. The van der Waals surface area contributed by atoms with Crippen LogP contribution in [-0.2, 0) is 7.05 Å². The molecule has 0 spiro atoms. The highest BCUT2D eigenvalue weighted by Gasteiger charge is 2.35. The normalized spacial score (nSPS) is 12.6. The number of aromatic nitrogens is 4. The molecule has 3 aromatic carbocycles. The van der Waals surface area contributed by atoms with Crippen LogP contribution in [0.5, 0.6) is 11.5 Å². The smallest absolute Gasteiger partial charge is 0.261 e. The second kappa shape index (κ2) is 10.1. The van der Waals surface area contributed by atoms with Crippen molar-refractivity contribution in [2.75, 3.05) is 32.2 Å². The van der Waals surface area contributed by atoms with Crippen LogP contribution in [0.1, 0.15) is 20.7 Å². The number of hydrogen-bond acceptors (Lipinski definition) is 8. The average molecular weight is 535 g/mol. The summed E-state index contributed by atoms with van der Waals surface area (Å²) < 4.78 is 12.8. The molecule has 1 aliphatic rings. The van der Waals surface area contributed by atoms with Crippen LogP contribution in [0.2, 0.25) is 0 Å². The van der Waals surface area contributed by atoms with Crippen molar-refractivity contribution in [3.8, 4) is 22.8 Å². The van der Waals surface area contributed by atoms with Crippen LogP contribution in [0.15, 0.2) is 79.3 Å². The second-order valence-corrected chi connectivity index (χ2v) is 9.36. The van der Waals surface area contributed by atoms with Gasteiger partial charge in [0.25, 0.3) is 11.8 Å². The van der Waals surface area contributed by atoms with E-state index < -0.39 is 0 Å². The van der Waals surface area contributed by atoms with Gasteiger partial charge in [-0.3, -0.25) is 24.2 Å². The Labute approximate surface area is 230 Å². The number of ether oxygens (including phenoxy) is 2. The summed E-state index contributed by atoms with van der Waals surface area (Å²) in [6, 6.07) is 18.2. The van der Waals surface area contributed by atoms with Gasteiger partial charge in [0.15, 0.2) is 0 Å². The van der Waals surface area contributed by atoms with Crippen LogP contribution >= 0.6 is 0 Å². The number of methoxy groups -OCH3 is 2. The molecule has 10 heteroatoms. The summed E-state index contributed by atoms with van der Waals surface area (Å²) in [5, 5.41) is 4.24. The number of amides is 2. The van der Waals surface area contributed by atoms with Gasteiger partial charge in [0.1, 0.15) is 11.5 Å². The van der Waals surface area contributed by atoms with Crippen LogP contribution < -0.4 is 14.4 Å². The number of hydrogen-bond donors (Lipinski definition) is 0. The van der Waals surface area contributed by atoms with Crippen molar-refractivity contribution in [3.05, 3.63) is 90.4 Å². The van der Waals surface area contributed by atoms with E-state index in [1.54, 1.807) is 61.6 Å². The molecule has 2 amide bonds. The number of fused-ring (bicyclic) bond motifs is 2. The Morgan fingerprint density at radius 1 is 0.825 bits per heavy atom. The Hall–Kier alpha value is -5.25. The number of carbonyl (C=O) groups is 2. The first-order valence-corrected chi connectivity index (χ1v) is 12.7. The van der Waals surface area contributed by atoms with Gasteiger partial charge in [-0.15, -0.1) is 0 Å². The number of aryl methyl sites for hydroxylation is 1. The maximum Gasteiger partial charge on any atom is 0.261 e. The maximum atomic E-state index is 13.1. The molecule has 0 fully saturated rings. The lowest BCUT2D eigenvalue weighted by atomic mass is 10.1. The van der Waals surface area contributed by atoms with Gasteiger partial charge in [0, 0.05) is 61.5 Å². The SMILES string of the molecule is COc1cc(OC)cc(N(CCN2C(=O)c3ccccc3C2=O)c2ccc3ncc(-c4cnn(C)c4)nc3c2)c1. The molecule has 40 heavy (non-hydrogen) atoms. The number of carbonyl (C=O) groups excluding carboxylic acids is 2. The summed E-state index contributed by atoms with van der Waals surface area (Å²) in [5.41, 5.74) is 5.41. The van der Waals surface area contributed by atoms with E-state index in [1.165, 1.54) is 4.90 Å². The predicted octanol–water partition coefficient (Wildman–Crippen LogP) is 4.48. The summed E-state index contributed by atoms with van der Waals surface area (Å²) in [7, 11) is 5.03. The zero-order valence-electron chi connectivity index (χ0n) is 22.2. The van der Waals surface area contributed by atoms with E-state index in [-0.39, 0.29) is 18.4 Å². The molecule has 0 atom stereocenters. The van der Waals surface area contributed by atoms with Gasteiger partial charge in [-0.25, -0.2) is 4.98 Å². The topological polar surface area (TPSA) is 103 Å². The van der Waals surface area contributed by atoms with Crippen LogP contribution in [0.4, 0.5) is 11.4 Å². The van der Waals surface area contributed by atoms with Crippen LogP contribution in [0.25, 0.3) is 22.3 Å². The van der Waals surface area contributed by atoms with E-state index in [2.05, 4.69) is 10.1 Å². The summed E-state index contributed by atoms with van der Waals surface area (Å²) in [4.78, 5) is 38.9. The number of rotatable bonds is 8. The van der Waals surface area contributed by atoms with Crippen LogP contribution in [0, 0.1) is 0 Å². The molecule has 0 radical (unpaired) electrons. The molecule has 200 valence electrons. The summed E-state index contributed by atoms with van der Waals surface area (Å²) in [6.45, 7) is 0.494. The number of anilines is 2. The Balaban J connectivity index is 1.39. The van der Waals surface area contributed by atoms with E-state index in [0.717, 1.165) is 22.5 Å². The van der Waals surface area contributed by atoms with Gasteiger partial charge in [0.05, 0.1) is 54.5 Å². The van der Waals surface area contributed by atoms with Gasteiger partial charge < -0.3 is 14.4 Å². The third-order valence-electron chi connectivity index (χ3n) is 6.91. The lowest BCUT2D eigenvalue weighted by Gasteiger charge is -2.28. The highest BCUT2D eigenvalue weighted by Crippen LogP contribution is 2.34. The lowest BCUT2D eigenvalue weighted by molar-refractivity contribution is 0.0659. The van der Waals surface area contributed by atoms with Gasteiger partial charge in [-0.2, -0.15) is 5.10 Å². The molecule has 10 nitrogen and oxygen atoms in total. The molecule has 0 unspecified atom stereocenters. The van der Waals surface area contributed by atoms with Gasteiger partial charge in [-0.05, 0) is 30.3 Å². The third-order valence-corrected chi connectivity index (χ3v) is 6.91. The first-order chi connectivity index (χ1) is 19.4. The highest BCUT2D eigenvalue weighted by molar-refractivity contribution is 6.21. The largest absolute Gasteiger partial charge is 0.497 e. The summed E-state index contributed by atoms with van der Waals surface area (Å²) in [6.07, 6.45) is 5.36. The van der Waals surface area contributed by atoms with Crippen molar-refractivity contribution in [2.24, 2.45) is 7.05 Å². The fourth-order valence-corrected chi connectivity index (χ4v) is 4.86. The predicted molar refractivity (Wildman–Crippen MR) is 150 cm³/mol. The molecular weight excluding hydrogens is 508 g/mol. The monoisotopic (exact) mass is 534 g/mol. The van der Waals surface area contributed by atoms with E-state index in [4.69, 9.17) is 14.5 Å². The third kappa shape index (κ3) is 4.49. The molecule has 1 aliphatic heterocycles. The summed E-state index contributed by atoms with van der Waals surface area (Å²) in [5.74, 6) is 0.627. The molecule has 6 rings (SSSR count). The zero-order chi connectivity index (χ0) is 27.8. The van der Waals surface area contributed by atoms with E-state index in [1.807, 2.05) is 48.5 Å². The standard InChI is InChI=1S/C30H26N6O4/c1-34-18-19(16-32-34)28-17-31-26-9-8-20(14-27(26)33-28)35(21-12-22(39-2)15-23(13-21)40-3)10-11-36-29(37)24-6-4-5-7-25(24)30(36)38/h4-9,12-18H,10-11H2,1-3H3. The molecular formula is C30H26N6O4. The van der Waals surface area contributed by atoms with E-state index >= 15 is 0 Å². The summed E-state index contributed by atoms with van der Waals surface area (Å²) >= 11 is 0. The van der Waals surface area contributed by atoms with Crippen molar-refractivity contribution in [3.63, 3.8) is 0 Å². The lowest BCUT2D eigenvalue weighted by Crippen LogP contribution is -2.36. The maximum absolute atomic E-state index is 13.1. The zero-order valence-corrected chi connectivity index (χ0v) is 22.2. The Morgan fingerprint density at radius 2 is 1.52 bits per heavy atom. The van der Waals surface area contributed by atoms with Crippen molar-refractivity contribution in [1.29, 1.82) is 0 Å². The second-order valence-electron chi connectivity index (χ2n) is 9.36. The molecule has 0 saturated carbocycles. The van der Waals surface area contributed by atoms with Crippen molar-refractivity contribution >= 4 is 34.2 Å². The highest BCUT2D eigenvalue weighted by atomic mass is 16.5.